The maximum Gasteiger partial charge on any atom is 0.280 e. The Labute approximate surface area is 186 Å². The van der Waals surface area contributed by atoms with Crippen molar-refractivity contribution >= 4 is 29.0 Å². The number of aromatic nitrogens is 2. The minimum absolute atomic E-state index is 0.142. The van der Waals surface area contributed by atoms with E-state index in [0.717, 1.165) is 48.3 Å². The number of nitrogens with one attached hydrogen (secondary N) is 1. The predicted molar refractivity (Wildman–Crippen MR) is 122 cm³/mol. The third-order valence-electron chi connectivity index (χ3n) is 5.65. The van der Waals surface area contributed by atoms with Crippen LogP contribution in [-0.4, -0.2) is 27.4 Å². The number of amides is 2. The van der Waals surface area contributed by atoms with Crippen molar-refractivity contribution in [2.75, 3.05) is 4.90 Å². The topological polar surface area (TPSA) is 75.2 Å². The number of hydrogen-bond acceptors (Lipinski definition) is 5. The van der Waals surface area contributed by atoms with Crippen LogP contribution in [0.15, 0.2) is 60.0 Å². The first-order valence-corrected chi connectivity index (χ1v) is 11.5. The Bertz CT molecular complexity index is 1020. The second-order valence-electron chi connectivity index (χ2n) is 7.96. The van der Waals surface area contributed by atoms with Gasteiger partial charge in [0.25, 0.3) is 5.91 Å². The van der Waals surface area contributed by atoms with Crippen molar-refractivity contribution in [1.82, 2.24) is 14.9 Å². The Kier molecular flexibility index (Phi) is 6.72. The van der Waals surface area contributed by atoms with E-state index in [-0.39, 0.29) is 23.6 Å². The molecule has 160 valence electrons. The van der Waals surface area contributed by atoms with E-state index >= 15 is 0 Å². The van der Waals surface area contributed by atoms with E-state index in [4.69, 9.17) is 0 Å². The van der Waals surface area contributed by atoms with Gasteiger partial charge >= 0.3 is 0 Å². The molecule has 1 aromatic heterocycles. The number of aryl methyl sites for hydroxylation is 1. The van der Waals surface area contributed by atoms with Gasteiger partial charge in [0.15, 0.2) is 5.69 Å². The normalized spacial score (nSPS) is 15.3. The van der Waals surface area contributed by atoms with Gasteiger partial charge in [-0.1, -0.05) is 66.2 Å². The van der Waals surface area contributed by atoms with Gasteiger partial charge in [0.2, 0.25) is 5.91 Å². The largest absolute Gasteiger partial charge is 0.351 e. The van der Waals surface area contributed by atoms with Crippen LogP contribution < -0.4 is 10.2 Å². The third kappa shape index (κ3) is 4.99. The molecule has 31 heavy (non-hydrogen) atoms. The standard InChI is InChI=1S/C24H26N4O2S/c1-17-9-8-14-20(15-17)28(24(30)21-16-31-27-26-21)22(18-10-4-2-5-11-18)23(29)25-19-12-6-3-7-13-19/h2,4-5,8-11,14-16,19,22H,3,6-7,12-13H2,1H3,(H,25,29)/t22-/m1/s1. The highest BCUT2D eigenvalue weighted by Crippen LogP contribution is 2.31. The molecule has 1 heterocycles. The molecule has 0 aliphatic heterocycles. The highest BCUT2D eigenvalue weighted by atomic mass is 32.1. The fourth-order valence-electron chi connectivity index (χ4n) is 4.12. The highest BCUT2D eigenvalue weighted by Gasteiger charge is 2.35. The van der Waals surface area contributed by atoms with Gasteiger partial charge in [-0.05, 0) is 54.6 Å². The molecular weight excluding hydrogens is 408 g/mol. The van der Waals surface area contributed by atoms with Crippen LogP contribution in [0, 0.1) is 6.92 Å². The number of benzene rings is 2. The zero-order valence-corrected chi connectivity index (χ0v) is 18.3. The summed E-state index contributed by atoms with van der Waals surface area (Å²) in [5, 5.41) is 8.82. The maximum atomic E-state index is 13.6. The Morgan fingerprint density at radius 2 is 1.84 bits per heavy atom. The molecular formula is C24H26N4O2S. The number of carbonyl (C=O) groups is 2. The van der Waals surface area contributed by atoms with Gasteiger partial charge in [0.1, 0.15) is 6.04 Å². The van der Waals surface area contributed by atoms with E-state index in [1.807, 2.05) is 61.5 Å². The van der Waals surface area contributed by atoms with Gasteiger partial charge in [0.05, 0.1) is 0 Å². The van der Waals surface area contributed by atoms with Crippen LogP contribution in [0.5, 0.6) is 0 Å². The molecule has 6 nitrogen and oxygen atoms in total. The van der Waals surface area contributed by atoms with Crippen molar-refractivity contribution in [1.29, 1.82) is 0 Å². The Balaban J connectivity index is 1.77. The molecule has 1 aliphatic rings. The quantitative estimate of drug-likeness (QED) is 0.611. The van der Waals surface area contributed by atoms with Crippen LogP contribution in [0.2, 0.25) is 0 Å². The molecule has 4 rings (SSSR count). The van der Waals surface area contributed by atoms with Crippen LogP contribution in [-0.2, 0) is 4.79 Å². The van der Waals surface area contributed by atoms with E-state index < -0.39 is 6.04 Å². The van der Waals surface area contributed by atoms with E-state index in [2.05, 4.69) is 14.9 Å². The molecule has 7 heteroatoms. The Morgan fingerprint density at radius 3 is 2.52 bits per heavy atom. The van der Waals surface area contributed by atoms with Crippen LogP contribution in [0.3, 0.4) is 0 Å². The van der Waals surface area contributed by atoms with E-state index in [1.165, 1.54) is 6.42 Å². The summed E-state index contributed by atoms with van der Waals surface area (Å²) in [5.74, 6) is -0.511. The molecule has 0 unspecified atom stereocenters. The van der Waals surface area contributed by atoms with Crippen LogP contribution in [0.1, 0.15) is 59.8 Å². The Hall–Kier alpha value is -3.06. The van der Waals surface area contributed by atoms with Gasteiger partial charge in [-0.15, -0.1) is 5.10 Å². The predicted octanol–water partition coefficient (Wildman–Crippen LogP) is 4.68. The number of anilines is 1. The smallest absolute Gasteiger partial charge is 0.280 e. The summed E-state index contributed by atoms with van der Waals surface area (Å²) >= 11 is 1.12. The fourth-order valence-corrected chi connectivity index (χ4v) is 4.55. The molecule has 3 aromatic rings. The molecule has 2 amide bonds. The monoisotopic (exact) mass is 434 g/mol. The van der Waals surface area contributed by atoms with E-state index in [0.29, 0.717) is 5.69 Å². The molecule has 0 bridgehead atoms. The fraction of sp³-hybridized carbons (Fsp3) is 0.333. The summed E-state index contributed by atoms with van der Waals surface area (Å²) in [4.78, 5) is 28.8. The van der Waals surface area contributed by atoms with Crippen LogP contribution in [0.25, 0.3) is 0 Å². The SMILES string of the molecule is Cc1cccc(N(C(=O)c2csnn2)[C@@H](C(=O)NC2CCCCC2)c2ccccc2)c1. The summed E-state index contributed by atoms with van der Waals surface area (Å²) < 4.78 is 3.85. The number of rotatable bonds is 6. The molecule has 0 spiro atoms. The summed E-state index contributed by atoms with van der Waals surface area (Å²) in [6.45, 7) is 1.97. The zero-order chi connectivity index (χ0) is 21.6. The molecule has 1 fully saturated rings. The molecule has 1 atom stereocenters. The molecule has 1 N–H and O–H groups in total. The summed E-state index contributed by atoms with van der Waals surface area (Å²) in [5.41, 5.74) is 2.66. The van der Waals surface area contributed by atoms with Crippen molar-refractivity contribution in [3.63, 3.8) is 0 Å². The minimum atomic E-state index is -0.806. The average Bonchev–Trinajstić information content (AvgIpc) is 3.33. The number of nitrogens with zero attached hydrogens (tertiary/aromatic N) is 3. The minimum Gasteiger partial charge on any atom is -0.351 e. The first kappa shape index (κ1) is 21.2. The summed E-state index contributed by atoms with van der Waals surface area (Å²) in [7, 11) is 0. The van der Waals surface area contributed by atoms with Crippen molar-refractivity contribution in [3.05, 3.63) is 76.8 Å². The van der Waals surface area contributed by atoms with Crippen molar-refractivity contribution in [3.8, 4) is 0 Å². The number of carbonyl (C=O) groups excluding carboxylic acids is 2. The highest BCUT2D eigenvalue weighted by molar-refractivity contribution is 7.03. The summed E-state index contributed by atoms with van der Waals surface area (Å²) in [6, 6.07) is 16.4. The zero-order valence-electron chi connectivity index (χ0n) is 17.5. The van der Waals surface area contributed by atoms with Gasteiger partial charge in [-0.25, -0.2) is 0 Å². The third-order valence-corrected chi connectivity index (χ3v) is 6.16. The molecule has 2 aromatic carbocycles. The van der Waals surface area contributed by atoms with Gasteiger partial charge in [0, 0.05) is 17.1 Å². The summed E-state index contributed by atoms with van der Waals surface area (Å²) in [6.07, 6.45) is 5.39. The maximum absolute atomic E-state index is 13.6. The lowest BCUT2D eigenvalue weighted by molar-refractivity contribution is -0.123. The lowest BCUT2D eigenvalue weighted by atomic mass is 9.94. The van der Waals surface area contributed by atoms with Crippen molar-refractivity contribution in [2.24, 2.45) is 0 Å². The molecule has 0 saturated heterocycles. The molecule has 0 radical (unpaired) electrons. The first-order valence-electron chi connectivity index (χ1n) is 10.7. The van der Waals surface area contributed by atoms with Crippen molar-refractivity contribution in [2.45, 2.75) is 51.1 Å². The Morgan fingerprint density at radius 1 is 1.06 bits per heavy atom. The van der Waals surface area contributed by atoms with Crippen molar-refractivity contribution < 1.29 is 9.59 Å². The molecule has 1 saturated carbocycles. The van der Waals surface area contributed by atoms with Gasteiger partial charge in [-0.2, -0.15) is 0 Å². The number of hydrogen-bond donors (Lipinski definition) is 1. The van der Waals surface area contributed by atoms with E-state index in [9.17, 15) is 9.59 Å². The average molecular weight is 435 g/mol. The lowest BCUT2D eigenvalue weighted by Crippen LogP contribution is -2.47. The van der Waals surface area contributed by atoms with Crippen LogP contribution in [0.4, 0.5) is 5.69 Å². The van der Waals surface area contributed by atoms with Gasteiger partial charge < -0.3 is 5.32 Å². The molecule has 1 aliphatic carbocycles. The van der Waals surface area contributed by atoms with Gasteiger partial charge in [-0.3, -0.25) is 14.5 Å². The van der Waals surface area contributed by atoms with Crippen LogP contribution >= 0.6 is 11.5 Å². The first-order chi connectivity index (χ1) is 15.1. The van der Waals surface area contributed by atoms with E-state index in [1.54, 1.807) is 10.3 Å². The second-order valence-corrected chi connectivity index (χ2v) is 8.57. The lowest BCUT2D eigenvalue weighted by Gasteiger charge is -2.33. The second kappa shape index (κ2) is 9.83.